The maximum Gasteiger partial charge on any atom is 0.417 e. The molecule has 18 heavy (non-hydrogen) atoms. The molecular formula is C11H17F3N2O2. The fraction of sp³-hybridized carbons (Fsp3) is 0.727. The molecule has 4 nitrogen and oxygen atoms in total. The predicted octanol–water partition coefficient (Wildman–Crippen LogP) is 0.678. The zero-order chi connectivity index (χ0) is 13.8. The van der Waals surface area contributed by atoms with Crippen LogP contribution in [0.25, 0.3) is 0 Å². The van der Waals surface area contributed by atoms with E-state index >= 15 is 0 Å². The van der Waals surface area contributed by atoms with Gasteiger partial charge in [-0.15, -0.1) is 6.58 Å². The van der Waals surface area contributed by atoms with Gasteiger partial charge in [-0.05, 0) is 12.8 Å². The van der Waals surface area contributed by atoms with Crippen LogP contribution in [0.4, 0.5) is 13.2 Å². The van der Waals surface area contributed by atoms with E-state index in [1.54, 1.807) is 4.90 Å². The van der Waals surface area contributed by atoms with Crippen LogP contribution in [-0.2, 0) is 4.79 Å². The summed E-state index contributed by atoms with van der Waals surface area (Å²) in [5.74, 6) is -0.257. The van der Waals surface area contributed by atoms with Crippen LogP contribution in [0.15, 0.2) is 12.7 Å². The molecule has 1 heterocycles. The topological polar surface area (TPSA) is 52.6 Å². The number of likely N-dealkylation sites (tertiary alicyclic amines) is 1. The second kappa shape index (κ2) is 5.71. The first-order valence-electron chi connectivity index (χ1n) is 5.67. The molecule has 1 aliphatic rings. The summed E-state index contributed by atoms with van der Waals surface area (Å²) in [6.45, 7) is 3.92. The normalized spacial score (nSPS) is 20.4. The highest BCUT2D eigenvalue weighted by atomic mass is 19.4. The quantitative estimate of drug-likeness (QED) is 0.736. The molecule has 0 unspecified atom stereocenters. The van der Waals surface area contributed by atoms with E-state index in [9.17, 15) is 23.1 Å². The number of nitrogens with zero attached hydrogens (tertiary/aromatic N) is 1. The number of halogens is 3. The maximum atomic E-state index is 12.5. The highest BCUT2D eigenvalue weighted by Gasteiger charge is 2.54. The predicted molar refractivity (Wildman–Crippen MR) is 59.9 cm³/mol. The number of carbonyl (C=O) groups excluding carboxylic acids is 1. The average molecular weight is 266 g/mol. The molecular weight excluding hydrogens is 249 g/mol. The minimum atomic E-state index is -4.61. The molecule has 1 amide bonds. The number of nitrogens with one attached hydrogen (secondary N) is 1. The first-order valence-corrected chi connectivity index (χ1v) is 5.67. The van der Waals surface area contributed by atoms with Crippen LogP contribution in [0.2, 0.25) is 0 Å². The van der Waals surface area contributed by atoms with Gasteiger partial charge in [-0.1, -0.05) is 6.08 Å². The van der Waals surface area contributed by atoms with Crippen molar-refractivity contribution in [1.82, 2.24) is 10.2 Å². The molecule has 0 aromatic rings. The lowest BCUT2D eigenvalue weighted by atomic mass is 9.91. The summed E-state index contributed by atoms with van der Waals surface area (Å²) in [6.07, 6.45) is -3.88. The molecule has 0 spiro atoms. The Hall–Kier alpha value is -1.08. The number of piperidine rings is 1. The number of hydrogen-bond acceptors (Lipinski definition) is 3. The fourth-order valence-corrected chi connectivity index (χ4v) is 1.81. The van der Waals surface area contributed by atoms with Crippen LogP contribution in [0.3, 0.4) is 0 Å². The van der Waals surface area contributed by atoms with Crippen molar-refractivity contribution in [3.8, 4) is 0 Å². The lowest BCUT2D eigenvalue weighted by Gasteiger charge is -2.38. The SMILES string of the molecule is C=CCNC(=O)CN1CCC(O)(C(F)(F)F)CC1. The van der Waals surface area contributed by atoms with Crippen LogP contribution in [0, 0.1) is 0 Å². The second-order valence-corrected chi connectivity index (χ2v) is 4.40. The number of alkyl halides is 3. The molecule has 0 atom stereocenters. The molecule has 104 valence electrons. The number of aliphatic hydroxyl groups is 1. The Morgan fingerprint density at radius 1 is 1.44 bits per heavy atom. The summed E-state index contributed by atoms with van der Waals surface area (Å²) < 4.78 is 37.6. The number of hydrogen-bond donors (Lipinski definition) is 2. The van der Waals surface area contributed by atoms with Crippen LogP contribution >= 0.6 is 0 Å². The van der Waals surface area contributed by atoms with Crippen LogP contribution in [-0.4, -0.2) is 53.9 Å². The first kappa shape index (κ1) is 15.0. The third-order valence-corrected chi connectivity index (χ3v) is 3.02. The number of amides is 1. The van der Waals surface area contributed by atoms with Crippen LogP contribution < -0.4 is 5.32 Å². The summed E-state index contributed by atoms with van der Waals surface area (Å²) >= 11 is 0. The molecule has 7 heteroatoms. The van der Waals surface area contributed by atoms with Gasteiger partial charge in [0, 0.05) is 19.6 Å². The smallest absolute Gasteiger partial charge is 0.380 e. The summed E-state index contributed by atoms with van der Waals surface area (Å²) in [5.41, 5.74) is -2.61. The Labute approximate surface area is 103 Å². The van der Waals surface area contributed by atoms with Gasteiger partial charge < -0.3 is 10.4 Å². The van der Waals surface area contributed by atoms with Crippen molar-refractivity contribution in [2.75, 3.05) is 26.2 Å². The van der Waals surface area contributed by atoms with E-state index < -0.39 is 24.6 Å². The van der Waals surface area contributed by atoms with E-state index in [1.165, 1.54) is 6.08 Å². The maximum absolute atomic E-state index is 12.5. The Kier molecular flexibility index (Phi) is 4.75. The van der Waals surface area contributed by atoms with E-state index in [4.69, 9.17) is 0 Å². The van der Waals surface area contributed by atoms with Crippen LogP contribution in [0.1, 0.15) is 12.8 Å². The monoisotopic (exact) mass is 266 g/mol. The Balaban J connectivity index is 2.40. The van der Waals surface area contributed by atoms with Gasteiger partial charge >= 0.3 is 6.18 Å². The van der Waals surface area contributed by atoms with Gasteiger partial charge in [-0.2, -0.15) is 13.2 Å². The third-order valence-electron chi connectivity index (χ3n) is 3.02. The Morgan fingerprint density at radius 3 is 2.44 bits per heavy atom. The van der Waals surface area contributed by atoms with Crippen molar-refractivity contribution in [2.24, 2.45) is 0 Å². The number of carbonyl (C=O) groups is 1. The average Bonchev–Trinajstić information content (AvgIpc) is 2.28. The van der Waals surface area contributed by atoms with Gasteiger partial charge in [0.15, 0.2) is 5.60 Å². The van der Waals surface area contributed by atoms with Gasteiger partial charge in [0.25, 0.3) is 0 Å². The molecule has 0 aromatic heterocycles. The van der Waals surface area contributed by atoms with Crippen molar-refractivity contribution in [3.63, 3.8) is 0 Å². The van der Waals surface area contributed by atoms with Gasteiger partial charge in [-0.25, -0.2) is 0 Å². The lowest BCUT2D eigenvalue weighted by Crippen LogP contribution is -2.54. The Bertz CT molecular complexity index is 310. The molecule has 1 aliphatic heterocycles. The van der Waals surface area contributed by atoms with Gasteiger partial charge in [0.1, 0.15) is 0 Å². The molecule has 1 rings (SSSR count). The summed E-state index contributed by atoms with van der Waals surface area (Å²) in [6, 6.07) is 0. The van der Waals surface area contributed by atoms with Gasteiger partial charge in [0.05, 0.1) is 6.54 Å². The van der Waals surface area contributed by atoms with Crippen LogP contribution in [0.5, 0.6) is 0 Å². The standard InChI is InChI=1S/C11H17F3N2O2/c1-2-5-15-9(17)8-16-6-3-10(18,4-7-16)11(12,13)14/h2,18H,1,3-8H2,(H,15,17). The summed E-state index contributed by atoms with van der Waals surface area (Å²) in [5, 5.41) is 12.0. The third kappa shape index (κ3) is 3.71. The minimum Gasteiger partial charge on any atom is -0.380 e. The van der Waals surface area contributed by atoms with Crippen molar-refractivity contribution in [2.45, 2.75) is 24.6 Å². The molecule has 2 N–H and O–H groups in total. The second-order valence-electron chi connectivity index (χ2n) is 4.40. The summed E-state index contributed by atoms with van der Waals surface area (Å²) in [4.78, 5) is 12.9. The largest absolute Gasteiger partial charge is 0.417 e. The van der Waals surface area contributed by atoms with E-state index in [0.29, 0.717) is 6.54 Å². The Morgan fingerprint density at radius 2 is 2.00 bits per heavy atom. The fourth-order valence-electron chi connectivity index (χ4n) is 1.81. The van der Waals surface area contributed by atoms with Gasteiger partial charge in [-0.3, -0.25) is 9.69 Å². The molecule has 1 fully saturated rings. The van der Waals surface area contributed by atoms with E-state index in [-0.39, 0.29) is 25.5 Å². The van der Waals surface area contributed by atoms with Crippen molar-refractivity contribution < 1.29 is 23.1 Å². The molecule has 0 aromatic carbocycles. The zero-order valence-electron chi connectivity index (χ0n) is 9.96. The zero-order valence-corrected chi connectivity index (χ0v) is 9.96. The lowest BCUT2D eigenvalue weighted by molar-refractivity contribution is -0.272. The van der Waals surface area contributed by atoms with E-state index in [1.807, 2.05) is 0 Å². The van der Waals surface area contributed by atoms with E-state index in [0.717, 1.165) is 0 Å². The van der Waals surface area contributed by atoms with E-state index in [2.05, 4.69) is 11.9 Å². The molecule has 0 bridgehead atoms. The molecule has 0 aliphatic carbocycles. The van der Waals surface area contributed by atoms with Crippen molar-refractivity contribution in [1.29, 1.82) is 0 Å². The first-order chi connectivity index (χ1) is 8.28. The highest BCUT2D eigenvalue weighted by Crippen LogP contribution is 2.38. The molecule has 0 saturated carbocycles. The number of rotatable bonds is 4. The minimum absolute atomic E-state index is 0.0434. The highest BCUT2D eigenvalue weighted by molar-refractivity contribution is 5.78. The van der Waals surface area contributed by atoms with Crippen molar-refractivity contribution >= 4 is 5.91 Å². The molecule has 1 saturated heterocycles. The summed E-state index contributed by atoms with van der Waals surface area (Å²) in [7, 11) is 0. The van der Waals surface area contributed by atoms with Crippen molar-refractivity contribution in [3.05, 3.63) is 12.7 Å². The van der Waals surface area contributed by atoms with Gasteiger partial charge in [0.2, 0.25) is 5.91 Å². The molecule has 0 radical (unpaired) electrons.